The molecule has 1 amide bonds. The highest BCUT2D eigenvalue weighted by molar-refractivity contribution is 7.92. The van der Waals surface area contributed by atoms with E-state index in [0.29, 0.717) is 17.3 Å². The average Bonchev–Trinajstić information content (AvgIpc) is 2.53. The van der Waals surface area contributed by atoms with Crippen molar-refractivity contribution < 1.29 is 26.4 Å². The molecule has 0 bridgehead atoms. The second kappa shape index (κ2) is 7.36. The molecule has 0 fully saturated rings. The molecule has 0 spiro atoms. The van der Waals surface area contributed by atoms with E-state index in [1.807, 2.05) is 6.92 Å². The Morgan fingerprint density at radius 2 is 1.73 bits per heavy atom. The molecule has 0 aliphatic rings. The van der Waals surface area contributed by atoms with Crippen LogP contribution in [0.3, 0.4) is 0 Å². The Morgan fingerprint density at radius 3 is 2.31 bits per heavy atom. The van der Waals surface area contributed by atoms with Crippen molar-refractivity contribution in [1.82, 2.24) is 0 Å². The second-order valence-electron chi connectivity index (χ2n) is 5.83. The Bertz CT molecular complexity index is 962. The number of rotatable bonds is 5. The van der Waals surface area contributed by atoms with E-state index >= 15 is 0 Å². The molecule has 5 nitrogen and oxygen atoms in total. The number of nitrogens with zero attached hydrogens (tertiary/aromatic N) is 1. The van der Waals surface area contributed by atoms with Gasteiger partial charge in [-0.05, 0) is 37.6 Å². The standard InChI is InChI=1S/C17H17F3N2O3S/c1-10-4-7-14(11(2)8-10)22(26(3,24)25)9-15(23)21-13-6-5-12(18)16(19)17(13)20/h4-8H,9H2,1-3H3,(H,21,23). The lowest BCUT2D eigenvalue weighted by Crippen LogP contribution is -2.38. The molecular weight excluding hydrogens is 369 g/mol. The number of carbonyl (C=O) groups excluding carboxylic acids is 1. The Kier molecular flexibility index (Phi) is 5.60. The summed E-state index contributed by atoms with van der Waals surface area (Å²) in [5.74, 6) is -5.58. The number of aryl methyl sites for hydroxylation is 2. The third kappa shape index (κ3) is 4.34. The lowest BCUT2D eigenvalue weighted by molar-refractivity contribution is -0.114. The van der Waals surface area contributed by atoms with E-state index in [1.165, 1.54) is 0 Å². The molecule has 0 unspecified atom stereocenters. The zero-order chi connectivity index (χ0) is 19.6. The van der Waals surface area contributed by atoms with Crippen molar-refractivity contribution in [3.05, 3.63) is 58.9 Å². The van der Waals surface area contributed by atoms with E-state index in [9.17, 15) is 26.4 Å². The van der Waals surface area contributed by atoms with E-state index in [4.69, 9.17) is 0 Å². The largest absolute Gasteiger partial charge is 0.322 e. The first kappa shape index (κ1) is 19.8. The van der Waals surface area contributed by atoms with Gasteiger partial charge < -0.3 is 5.32 Å². The minimum absolute atomic E-state index is 0.291. The number of sulfonamides is 1. The van der Waals surface area contributed by atoms with Gasteiger partial charge in [0.25, 0.3) is 0 Å². The molecule has 2 rings (SSSR count). The van der Waals surface area contributed by atoms with Crippen LogP contribution in [0.25, 0.3) is 0 Å². The molecule has 0 saturated heterocycles. The summed E-state index contributed by atoms with van der Waals surface area (Å²) >= 11 is 0. The predicted octanol–water partition coefficient (Wildman–Crippen LogP) is 3.13. The van der Waals surface area contributed by atoms with Gasteiger partial charge in [0.1, 0.15) is 6.54 Å². The van der Waals surface area contributed by atoms with Crippen LogP contribution >= 0.6 is 0 Å². The first-order valence-corrected chi connectivity index (χ1v) is 9.34. The van der Waals surface area contributed by atoms with Gasteiger partial charge in [-0.25, -0.2) is 21.6 Å². The van der Waals surface area contributed by atoms with Crippen LogP contribution in [0.15, 0.2) is 30.3 Å². The normalized spacial score (nSPS) is 11.3. The van der Waals surface area contributed by atoms with E-state index in [-0.39, 0.29) is 0 Å². The van der Waals surface area contributed by atoms with Gasteiger partial charge in [0.2, 0.25) is 15.9 Å². The molecular formula is C17H17F3N2O3S. The van der Waals surface area contributed by atoms with Crippen molar-refractivity contribution in [1.29, 1.82) is 0 Å². The molecule has 0 aromatic heterocycles. The monoisotopic (exact) mass is 386 g/mol. The number of halogens is 3. The van der Waals surface area contributed by atoms with Crippen LogP contribution in [0.1, 0.15) is 11.1 Å². The molecule has 0 atom stereocenters. The topological polar surface area (TPSA) is 66.5 Å². The second-order valence-corrected chi connectivity index (χ2v) is 7.74. The molecule has 26 heavy (non-hydrogen) atoms. The van der Waals surface area contributed by atoms with Crippen LogP contribution in [0.5, 0.6) is 0 Å². The van der Waals surface area contributed by atoms with E-state index in [1.54, 1.807) is 25.1 Å². The first-order chi connectivity index (χ1) is 12.0. The van der Waals surface area contributed by atoms with E-state index in [0.717, 1.165) is 22.2 Å². The molecule has 0 saturated carbocycles. The molecule has 9 heteroatoms. The zero-order valence-corrected chi connectivity index (χ0v) is 15.1. The maximum atomic E-state index is 13.7. The van der Waals surface area contributed by atoms with Crippen LogP contribution in [0, 0.1) is 31.3 Å². The lowest BCUT2D eigenvalue weighted by Gasteiger charge is -2.24. The Hall–Kier alpha value is -2.55. The summed E-state index contributed by atoms with van der Waals surface area (Å²) in [6.45, 7) is 2.87. The van der Waals surface area contributed by atoms with Gasteiger partial charge in [0.15, 0.2) is 17.5 Å². The number of hydrogen-bond donors (Lipinski definition) is 1. The Morgan fingerprint density at radius 1 is 1.08 bits per heavy atom. The van der Waals surface area contributed by atoms with Crippen molar-refractivity contribution >= 4 is 27.3 Å². The summed E-state index contributed by atoms with van der Waals surface area (Å²) in [5.41, 5.74) is 1.25. The van der Waals surface area contributed by atoms with Crippen LogP contribution in [0.2, 0.25) is 0 Å². The average molecular weight is 386 g/mol. The van der Waals surface area contributed by atoms with Gasteiger partial charge in [0.05, 0.1) is 17.6 Å². The predicted molar refractivity (Wildman–Crippen MR) is 93.1 cm³/mol. The van der Waals surface area contributed by atoms with Crippen LogP contribution < -0.4 is 9.62 Å². The fourth-order valence-electron chi connectivity index (χ4n) is 2.41. The molecule has 0 radical (unpaired) electrons. The van der Waals surface area contributed by atoms with Gasteiger partial charge >= 0.3 is 0 Å². The van der Waals surface area contributed by atoms with Crippen molar-refractivity contribution in [2.24, 2.45) is 0 Å². The minimum atomic E-state index is -3.82. The van der Waals surface area contributed by atoms with Gasteiger partial charge in [-0.1, -0.05) is 17.7 Å². The molecule has 2 aromatic rings. The number of amides is 1. The molecule has 140 valence electrons. The fourth-order valence-corrected chi connectivity index (χ4v) is 3.32. The van der Waals surface area contributed by atoms with Crippen LogP contribution in [0.4, 0.5) is 24.5 Å². The summed E-state index contributed by atoms with van der Waals surface area (Å²) < 4.78 is 64.9. The molecule has 2 aromatic carbocycles. The maximum Gasteiger partial charge on any atom is 0.245 e. The lowest BCUT2D eigenvalue weighted by atomic mass is 10.1. The summed E-state index contributed by atoms with van der Waals surface area (Å²) in [4.78, 5) is 12.2. The van der Waals surface area contributed by atoms with Gasteiger partial charge in [-0.3, -0.25) is 9.10 Å². The SMILES string of the molecule is Cc1ccc(N(CC(=O)Nc2ccc(F)c(F)c2F)S(C)(=O)=O)c(C)c1. The first-order valence-electron chi connectivity index (χ1n) is 7.49. The molecule has 0 heterocycles. The number of benzene rings is 2. The van der Waals surface area contributed by atoms with Crippen LogP contribution in [-0.4, -0.2) is 27.1 Å². The molecule has 0 aliphatic carbocycles. The molecule has 1 N–H and O–H groups in total. The highest BCUT2D eigenvalue weighted by Gasteiger charge is 2.23. The fraction of sp³-hybridized carbons (Fsp3) is 0.235. The number of carbonyl (C=O) groups is 1. The summed E-state index contributed by atoms with van der Waals surface area (Å²) in [6, 6.07) is 6.51. The van der Waals surface area contributed by atoms with Crippen molar-refractivity contribution in [3.63, 3.8) is 0 Å². The van der Waals surface area contributed by atoms with Crippen molar-refractivity contribution in [2.45, 2.75) is 13.8 Å². The third-order valence-corrected chi connectivity index (χ3v) is 4.74. The van der Waals surface area contributed by atoms with Crippen molar-refractivity contribution in [3.8, 4) is 0 Å². The quantitative estimate of drug-likeness (QED) is 0.803. The summed E-state index contributed by atoms with van der Waals surface area (Å²) in [5, 5.41) is 2.05. The highest BCUT2D eigenvalue weighted by Crippen LogP contribution is 2.24. The number of hydrogen-bond acceptors (Lipinski definition) is 3. The number of nitrogens with one attached hydrogen (secondary N) is 1. The van der Waals surface area contributed by atoms with Gasteiger partial charge in [-0.2, -0.15) is 0 Å². The molecule has 0 aliphatic heterocycles. The van der Waals surface area contributed by atoms with Gasteiger partial charge in [0, 0.05) is 0 Å². The number of anilines is 2. The highest BCUT2D eigenvalue weighted by atomic mass is 32.2. The zero-order valence-electron chi connectivity index (χ0n) is 14.3. The van der Waals surface area contributed by atoms with Crippen molar-refractivity contribution in [2.75, 3.05) is 22.4 Å². The third-order valence-electron chi connectivity index (χ3n) is 3.62. The smallest absolute Gasteiger partial charge is 0.245 e. The maximum absolute atomic E-state index is 13.7. The Labute approximate surface area is 149 Å². The van der Waals surface area contributed by atoms with E-state index < -0.39 is 45.6 Å². The summed E-state index contributed by atoms with van der Waals surface area (Å²) in [7, 11) is -3.82. The minimum Gasteiger partial charge on any atom is -0.322 e. The van der Waals surface area contributed by atoms with Gasteiger partial charge in [-0.15, -0.1) is 0 Å². The van der Waals surface area contributed by atoms with E-state index in [2.05, 4.69) is 5.32 Å². The Balaban J connectivity index is 2.30. The van der Waals surface area contributed by atoms with Crippen LogP contribution in [-0.2, 0) is 14.8 Å². The summed E-state index contributed by atoms with van der Waals surface area (Å²) in [6.07, 6.45) is 0.928.